The zero-order valence-electron chi connectivity index (χ0n) is 5.55. The summed E-state index contributed by atoms with van der Waals surface area (Å²) in [5.74, 6) is -0.984. The van der Waals surface area contributed by atoms with Crippen LogP contribution in [0.2, 0.25) is 5.02 Å². The van der Waals surface area contributed by atoms with E-state index in [-0.39, 0.29) is 5.02 Å². The highest BCUT2D eigenvalue weighted by Gasteiger charge is 2.17. The Balaban J connectivity index is 3.37. The van der Waals surface area contributed by atoms with Crippen LogP contribution in [0.3, 0.4) is 0 Å². The van der Waals surface area contributed by atoms with Crippen LogP contribution in [-0.2, 0) is 0 Å². The quantitative estimate of drug-likeness (QED) is 0.346. The summed E-state index contributed by atoms with van der Waals surface area (Å²) in [4.78, 5) is 9.43. The maximum absolute atomic E-state index is 12.9. The van der Waals surface area contributed by atoms with E-state index < -0.39 is 16.4 Å². The number of halogens is 3. The Morgan fingerprint density at radius 2 is 2.17 bits per heavy atom. The maximum Gasteiger partial charge on any atom is 0.307 e. The molecule has 0 aliphatic heterocycles. The number of hydrogen-bond acceptors (Lipinski definition) is 2. The summed E-state index contributed by atoms with van der Waals surface area (Å²) in [7, 11) is 0. The van der Waals surface area contributed by atoms with Gasteiger partial charge in [0, 0.05) is 9.64 Å². The summed E-state index contributed by atoms with van der Waals surface area (Å²) in [6, 6.07) is 2.45. The van der Waals surface area contributed by atoms with Crippen LogP contribution in [0.1, 0.15) is 0 Å². The fraction of sp³-hybridized carbons (Fsp3) is 0. The molecule has 0 aromatic heterocycles. The van der Waals surface area contributed by atoms with Crippen molar-refractivity contribution in [2.75, 3.05) is 0 Å². The van der Waals surface area contributed by atoms with Crippen LogP contribution in [0.15, 0.2) is 12.1 Å². The first kappa shape index (κ1) is 9.66. The van der Waals surface area contributed by atoms with Gasteiger partial charge in [-0.1, -0.05) is 11.6 Å². The van der Waals surface area contributed by atoms with Gasteiger partial charge < -0.3 is 0 Å². The minimum absolute atomic E-state index is 0.228. The predicted molar refractivity (Wildman–Crippen MR) is 50.8 cm³/mol. The second-order valence-electron chi connectivity index (χ2n) is 1.98. The van der Waals surface area contributed by atoms with Crippen LogP contribution in [-0.4, -0.2) is 4.92 Å². The standard InChI is InChI=1S/C6H2ClFINO2/c7-4-1-3(9)2-5(6(4)8)10(11)12/h1-2H. The van der Waals surface area contributed by atoms with Crippen LogP contribution in [0.5, 0.6) is 0 Å². The molecule has 12 heavy (non-hydrogen) atoms. The normalized spacial score (nSPS) is 9.92. The number of benzene rings is 1. The van der Waals surface area contributed by atoms with Crippen LogP contribution >= 0.6 is 34.2 Å². The largest absolute Gasteiger partial charge is 0.307 e. The first-order chi connectivity index (χ1) is 5.52. The third-order valence-corrected chi connectivity index (χ3v) is 2.07. The summed E-state index contributed by atoms with van der Waals surface area (Å²) >= 11 is 7.20. The lowest BCUT2D eigenvalue weighted by Gasteiger charge is -1.96. The summed E-state index contributed by atoms with van der Waals surface area (Å²) in [6.45, 7) is 0. The zero-order valence-corrected chi connectivity index (χ0v) is 8.47. The van der Waals surface area contributed by atoms with E-state index >= 15 is 0 Å². The molecule has 1 aromatic carbocycles. The predicted octanol–water partition coefficient (Wildman–Crippen LogP) is 2.99. The first-order valence-electron chi connectivity index (χ1n) is 2.81. The third-order valence-electron chi connectivity index (χ3n) is 1.17. The molecule has 0 saturated carbocycles. The molecule has 3 nitrogen and oxygen atoms in total. The van der Waals surface area contributed by atoms with E-state index in [0.717, 1.165) is 6.07 Å². The molecule has 0 amide bonds. The Labute approximate surface area is 85.8 Å². The van der Waals surface area contributed by atoms with Crippen LogP contribution < -0.4 is 0 Å². The Morgan fingerprint density at radius 3 is 2.67 bits per heavy atom. The van der Waals surface area contributed by atoms with Crippen molar-refractivity contribution in [2.45, 2.75) is 0 Å². The van der Waals surface area contributed by atoms with E-state index in [9.17, 15) is 14.5 Å². The second-order valence-corrected chi connectivity index (χ2v) is 3.63. The molecule has 0 aliphatic rings. The van der Waals surface area contributed by atoms with Crippen molar-refractivity contribution in [3.63, 3.8) is 0 Å². The average molecular weight is 301 g/mol. The molecular formula is C6H2ClFINO2. The van der Waals surface area contributed by atoms with Gasteiger partial charge in [-0.2, -0.15) is 4.39 Å². The molecule has 0 spiro atoms. The van der Waals surface area contributed by atoms with E-state index in [4.69, 9.17) is 11.6 Å². The van der Waals surface area contributed by atoms with Crippen LogP contribution in [0, 0.1) is 19.5 Å². The topological polar surface area (TPSA) is 43.1 Å². The summed E-state index contributed by atoms with van der Waals surface area (Å²) in [5, 5.41) is 10.0. The molecule has 0 bridgehead atoms. The van der Waals surface area contributed by atoms with E-state index in [1.165, 1.54) is 6.07 Å². The molecule has 0 N–H and O–H groups in total. The number of rotatable bonds is 1. The zero-order chi connectivity index (χ0) is 9.30. The van der Waals surface area contributed by atoms with Gasteiger partial charge in [-0.3, -0.25) is 10.1 Å². The van der Waals surface area contributed by atoms with Gasteiger partial charge in [-0.05, 0) is 28.7 Å². The highest BCUT2D eigenvalue weighted by Crippen LogP contribution is 2.26. The molecule has 0 heterocycles. The molecule has 0 fully saturated rings. The van der Waals surface area contributed by atoms with Gasteiger partial charge in [0.15, 0.2) is 0 Å². The van der Waals surface area contributed by atoms with E-state index in [2.05, 4.69) is 0 Å². The minimum Gasteiger partial charge on any atom is -0.258 e. The van der Waals surface area contributed by atoms with E-state index in [0.29, 0.717) is 3.57 Å². The number of nitrogens with zero attached hydrogens (tertiary/aromatic N) is 1. The molecule has 6 heteroatoms. The van der Waals surface area contributed by atoms with Crippen molar-refractivity contribution in [3.05, 3.63) is 36.7 Å². The number of hydrogen-bond donors (Lipinski definition) is 0. The van der Waals surface area contributed by atoms with E-state index in [1.54, 1.807) is 0 Å². The van der Waals surface area contributed by atoms with Crippen molar-refractivity contribution < 1.29 is 9.31 Å². The summed E-state index contributed by atoms with van der Waals surface area (Å²) in [5.41, 5.74) is -0.591. The molecule has 0 radical (unpaired) electrons. The van der Waals surface area contributed by atoms with Crippen LogP contribution in [0.4, 0.5) is 10.1 Å². The number of nitro benzene ring substituents is 1. The van der Waals surface area contributed by atoms with E-state index in [1.807, 2.05) is 22.6 Å². The minimum atomic E-state index is -0.984. The van der Waals surface area contributed by atoms with Gasteiger partial charge >= 0.3 is 5.69 Å². The monoisotopic (exact) mass is 301 g/mol. The molecule has 0 unspecified atom stereocenters. The lowest BCUT2D eigenvalue weighted by molar-refractivity contribution is -0.387. The fourth-order valence-corrected chi connectivity index (χ4v) is 1.68. The summed E-state index contributed by atoms with van der Waals surface area (Å²) < 4.78 is 13.4. The van der Waals surface area contributed by atoms with Gasteiger partial charge in [0.1, 0.15) is 0 Å². The molecule has 1 aromatic rings. The smallest absolute Gasteiger partial charge is 0.258 e. The Morgan fingerprint density at radius 1 is 1.58 bits per heavy atom. The first-order valence-corrected chi connectivity index (χ1v) is 4.27. The van der Waals surface area contributed by atoms with Gasteiger partial charge in [0.2, 0.25) is 5.82 Å². The van der Waals surface area contributed by atoms with Gasteiger partial charge in [0.25, 0.3) is 0 Å². The SMILES string of the molecule is O=[N+]([O-])c1cc(I)cc(Cl)c1F. The lowest BCUT2D eigenvalue weighted by atomic mass is 10.3. The van der Waals surface area contributed by atoms with Gasteiger partial charge in [0.05, 0.1) is 9.95 Å². The van der Waals surface area contributed by atoms with Crippen molar-refractivity contribution in [1.82, 2.24) is 0 Å². The second kappa shape index (κ2) is 3.53. The summed E-state index contributed by atoms with van der Waals surface area (Å²) in [6.07, 6.45) is 0. The molecular weight excluding hydrogens is 299 g/mol. The fourth-order valence-electron chi connectivity index (χ4n) is 0.675. The Hall–Kier alpha value is -0.430. The molecule has 1 rings (SSSR count). The highest BCUT2D eigenvalue weighted by atomic mass is 127. The highest BCUT2D eigenvalue weighted by molar-refractivity contribution is 14.1. The average Bonchev–Trinajstić information content (AvgIpc) is 1.96. The van der Waals surface area contributed by atoms with Crippen molar-refractivity contribution in [3.8, 4) is 0 Å². The molecule has 0 atom stereocenters. The maximum atomic E-state index is 12.9. The number of nitro groups is 1. The van der Waals surface area contributed by atoms with Gasteiger partial charge in [-0.25, -0.2) is 0 Å². The third kappa shape index (κ3) is 1.84. The molecule has 64 valence electrons. The molecule has 0 aliphatic carbocycles. The van der Waals surface area contributed by atoms with Crippen molar-refractivity contribution in [2.24, 2.45) is 0 Å². The Kier molecular flexibility index (Phi) is 2.84. The Bertz CT molecular complexity index is 345. The molecule has 0 saturated heterocycles. The van der Waals surface area contributed by atoms with Crippen molar-refractivity contribution in [1.29, 1.82) is 0 Å². The van der Waals surface area contributed by atoms with Crippen molar-refractivity contribution >= 4 is 39.9 Å². The van der Waals surface area contributed by atoms with Gasteiger partial charge in [-0.15, -0.1) is 0 Å². The van der Waals surface area contributed by atoms with Crippen LogP contribution in [0.25, 0.3) is 0 Å². The lowest BCUT2D eigenvalue weighted by Crippen LogP contribution is -1.93.